The van der Waals surface area contributed by atoms with E-state index in [1.54, 1.807) is 18.5 Å². The third kappa shape index (κ3) is 4.20. The fourth-order valence-electron chi connectivity index (χ4n) is 4.86. The minimum Gasteiger partial charge on any atom is -0.507 e. The smallest absolute Gasteiger partial charge is 0.295 e. The van der Waals surface area contributed by atoms with Gasteiger partial charge in [0.25, 0.3) is 11.7 Å². The number of hydrogen-bond donors (Lipinski definition) is 1. The lowest BCUT2D eigenvalue weighted by atomic mass is 9.92. The van der Waals surface area contributed by atoms with Crippen LogP contribution >= 0.6 is 0 Å². The van der Waals surface area contributed by atoms with Gasteiger partial charge in [-0.05, 0) is 65.4 Å². The minimum absolute atomic E-state index is 0.0628. The number of nitrogens with zero attached hydrogens (tertiary/aromatic N) is 2. The lowest BCUT2D eigenvalue weighted by molar-refractivity contribution is -0.140. The Bertz CT molecular complexity index is 1310. The van der Waals surface area contributed by atoms with Gasteiger partial charge in [0.15, 0.2) is 0 Å². The molecule has 0 aliphatic carbocycles. The van der Waals surface area contributed by atoms with E-state index in [0.29, 0.717) is 11.5 Å². The van der Waals surface area contributed by atoms with Crippen LogP contribution in [0, 0.1) is 0 Å². The molecule has 1 fully saturated rings. The first-order valence-electron chi connectivity index (χ1n) is 11.9. The molecular formula is C29H28N2O4. The number of amides is 1. The molecule has 0 spiro atoms. The van der Waals surface area contributed by atoms with Crippen LogP contribution in [-0.4, -0.2) is 32.8 Å². The Balaban J connectivity index is 1.62. The Kier molecular flexibility index (Phi) is 5.89. The third-order valence-corrected chi connectivity index (χ3v) is 6.73. The van der Waals surface area contributed by atoms with Crippen LogP contribution in [0.3, 0.4) is 0 Å². The number of rotatable bonds is 5. The summed E-state index contributed by atoms with van der Waals surface area (Å²) in [6, 6.07) is 16.3. The van der Waals surface area contributed by atoms with E-state index >= 15 is 0 Å². The van der Waals surface area contributed by atoms with Gasteiger partial charge in [-0.1, -0.05) is 38.1 Å². The van der Waals surface area contributed by atoms with E-state index in [9.17, 15) is 14.7 Å². The van der Waals surface area contributed by atoms with Crippen LogP contribution in [0.5, 0.6) is 5.75 Å². The van der Waals surface area contributed by atoms with Crippen molar-refractivity contribution in [1.82, 2.24) is 9.88 Å². The predicted octanol–water partition coefficient (Wildman–Crippen LogP) is 5.15. The number of aromatic nitrogens is 1. The van der Waals surface area contributed by atoms with Crippen molar-refractivity contribution in [3.63, 3.8) is 0 Å². The maximum atomic E-state index is 13.3. The number of carbonyl (C=O) groups is 2. The van der Waals surface area contributed by atoms with Crippen LogP contribution in [0.1, 0.15) is 60.5 Å². The summed E-state index contributed by atoms with van der Waals surface area (Å²) in [5.74, 6) is -0.337. The molecule has 1 N–H and O–H groups in total. The zero-order valence-corrected chi connectivity index (χ0v) is 20.1. The molecule has 0 unspecified atom stereocenters. The molecule has 6 heteroatoms. The van der Waals surface area contributed by atoms with E-state index in [1.165, 1.54) is 4.90 Å². The van der Waals surface area contributed by atoms with Crippen molar-refractivity contribution in [2.24, 2.45) is 0 Å². The molecular weight excluding hydrogens is 440 g/mol. The fourth-order valence-corrected chi connectivity index (χ4v) is 4.86. The number of pyridine rings is 1. The fraction of sp³-hybridized carbons (Fsp3) is 0.276. The molecule has 3 aromatic rings. The number of carbonyl (C=O) groups excluding carboxylic acids is 2. The van der Waals surface area contributed by atoms with Crippen molar-refractivity contribution in [2.75, 3.05) is 0 Å². The summed E-state index contributed by atoms with van der Waals surface area (Å²) in [5, 5.41) is 11.4. The van der Waals surface area contributed by atoms with Crippen molar-refractivity contribution >= 4 is 17.4 Å². The summed E-state index contributed by atoms with van der Waals surface area (Å²) in [7, 11) is 0. The van der Waals surface area contributed by atoms with Crippen molar-refractivity contribution in [3.8, 4) is 5.75 Å². The molecule has 2 aliphatic heterocycles. The van der Waals surface area contributed by atoms with Crippen LogP contribution in [-0.2, 0) is 22.6 Å². The first-order chi connectivity index (χ1) is 16.8. The molecule has 6 nitrogen and oxygen atoms in total. The largest absolute Gasteiger partial charge is 0.507 e. The van der Waals surface area contributed by atoms with E-state index < -0.39 is 17.7 Å². The summed E-state index contributed by atoms with van der Waals surface area (Å²) in [6.45, 7) is 6.45. The van der Waals surface area contributed by atoms with Crippen molar-refractivity contribution < 1.29 is 19.4 Å². The van der Waals surface area contributed by atoms with Gasteiger partial charge < -0.3 is 14.7 Å². The quantitative estimate of drug-likeness (QED) is 0.318. The van der Waals surface area contributed by atoms with Crippen LogP contribution in [0.15, 0.2) is 72.6 Å². The van der Waals surface area contributed by atoms with Gasteiger partial charge in [0, 0.05) is 30.9 Å². The second kappa shape index (κ2) is 9.02. The van der Waals surface area contributed by atoms with E-state index in [1.807, 2.05) is 55.5 Å². The summed E-state index contributed by atoms with van der Waals surface area (Å²) in [6.07, 6.45) is 4.11. The highest BCUT2D eigenvalue weighted by molar-refractivity contribution is 6.46. The molecule has 2 atom stereocenters. The second-order valence-electron chi connectivity index (χ2n) is 9.56. The van der Waals surface area contributed by atoms with Crippen LogP contribution < -0.4 is 4.74 Å². The molecule has 5 rings (SSSR count). The lowest BCUT2D eigenvalue weighted by Gasteiger charge is -2.26. The molecule has 1 amide bonds. The predicted molar refractivity (Wildman–Crippen MR) is 133 cm³/mol. The Morgan fingerprint density at radius 2 is 1.80 bits per heavy atom. The maximum Gasteiger partial charge on any atom is 0.295 e. The topological polar surface area (TPSA) is 79.7 Å². The van der Waals surface area contributed by atoms with E-state index in [2.05, 4.69) is 18.8 Å². The average Bonchev–Trinajstić information content (AvgIpc) is 3.35. The third-order valence-electron chi connectivity index (χ3n) is 6.73. The van der Waals surface area contributed by atoms with Gasteiger partial charge >= 0.3 is 0 Å². The van der Waals surface area contributed by atoms with Crippen LogP contribution in [0.2, 0.25) is 0 Å². The lowest BCUT2D eigenvalue weighted by Crippen LogP contribution is -2.29. The first-order valence-corrected chi connectivity index (χ1v) is 11.9. The number of benzene rings is 2. The van der Waals surface area contributed by atoms with Crippen LogP contribution in [0.25, 0.3) is 5.76 Å². The Morgan fingerprint density at radius 1 is 1.09 bits per heavy atom. The number of aliphatic hydroxyl groups is 1. The first kappa shape index (κ1) is 22.8. The standard InChI is InChI=1S/C29H28N2O4/c1-17(2)20-4-6-21(7-5-20)26-25(27(32)22-8-9-24-23(15-22)14-18(3)35-24)28(33)29(34)31(26)16-19-10-12-30-13-11-19/h4-13,15,17-18,26,32H,14,16H2,1-3H3/t18-,26-/m0/s1. The number of fused-ring (bicyclic) bond motifs is 1. The number of ketones is 1. The van der Waals surface area contributed by atoms with Gasteiger partial charge in [-0.15, -0.1) is 0 Å². The van der Waals surface area contributed by atoms with Crippen LogP contribution in [0.4, 0.5) is 0 Å². The molecule has 3 heterocycles. The number of aliphatic hydroxyl groups excluding tert-OH is 1. The summed E-state index contributed by atoms with van der Waals surface area (Å²) >= 11 is 0. The summed E-state index contributed by atoms with van der Waals surface area (Å²) < 4.78 is 5.78. The maximum absolute atomic E-state index is 13.3. The minimum atomic E-state index is -0.701. The van der Waals surface area contributed by atoms with Gasteiger partial charge in [-0.3, -0.25) is 14.6 Å². The van der Waals surface area contributed by atoms with Gasteiger partial charge in [0.05, 0.1) is 11.6 Å². The van der Waals surface area contributed by atoms with Crippen molar-refractivity contribution in [1.29, 1.82) is 0 Å². The Hall–Kier alpha value is -3.93. The molecule has 178 valence electrons. The highest BCUT2D eigenvalue weighted by Gasteiger charge is 2.46. The Labute approximate surface area is 204 Å². The highest BCUT2D eigenvalue weighted by Crippen LogP contribution is 2.41. The molecule has 2 aliphatic rings. The highest BCUT2D eigenvalue weighted by atomic mass is 16.5. The molecule has 35 heavy (non-hydrogen) atoms. The molecule has 1 saturated heterocycles. The average molecular weight is 469 g/mol. The number of hydrogen-bond acceptors (Lipinski definition) is 5. The van der Waals surface area contributed by atoms with Gasteiger partial charge in [0.2, 0.25) is 0 Å². The van der Waals surface area contributed by atoms with E-state index in [0.717, 1.165) is 34.4 Å². The SMILES string of the molecule is CC(C)c1ccc([C@H]2C(=C(O)c3ccc4c(c3)C[C@H](C)O4)C(=O)C(=O)N2Cc2ccncc2)cc1. The number of ether oxygens (including phenoxy) is 1. The van der Waals surface area contributed by atoms with Gasteiger partial charge in [0.1, 0.15) is 17.6 Å². The second-order valence-corrected chi connectivity index (χ2v) is 9.56. The normalized spacial score (nSPS) is 20.9. The molecule has 0 saturated carbocycles. The zero-order valence-electron chi connectivity index (χ0n) is 20.1. The number of likely N-dealkylation sites (tertiary alicyclic amines) is 1. The monoisotopic (exact) mass is 468 g/mol. The number of Topliss-reactive ketones (excluding diaryl/α,β-unsaturated/α-hetero) is 1. The van der Waals surface area contributed by atoms with E-state index in [4.69, 9.17) is 4.74 Å². The van der Waals surface area contributed by atoms with Gasteiger partial charge in [-0.25, -0.2) is 0 Å². The molecule has 1 aromatic heterocycles. The Morgan fingerprint density at radius 3 is 2.49 bits per heavy atom. The van der Waals surface area contributed by atoms with E-state index in [-0.39, 0.29) is 24.0 Å². The summed E-state index contributed by atoms with van der Waals surface area (Å²) in [5.41, 5.74) is 4.38. The summed E-state index contributed by atoms with van der Waals surface area (Å²) in [4.78, 5) is 32.1. The van der Waals surface area contributed by atoms with Crippen molar-refractivity contribution in [3.05, 3.63) is 100 Å². The molecule has 2 aromatic carbocycles. The molecule has 0 radical (unpaired) electrons. The van der Waals surface area contributed by atoms with Gasteiger partial charge in [-0.2, -0.15) is 0 Å². The molecule has 0 bridgehead atoms. The van der Waals surface area contributed by atoms with Crippen molar-refractivity contribution in [2.45, 2.75) is 51.8 Å². The zero-order chi connectivity index (χ0) is 24.7.